The van der Waals surface area contributed by atoms with Crippen molar-refractivity contribution in [3.05, 3.63) is 22.8 Å². The quantitative estimate of drug-likeness (QED) is 0.749. The third-order valence-corrected chi connectivity index (χ3v) is 3.17. The van der Waals surface area contributed by atoms with E-state index in [1.54, 1.807) is 6.07 Å². The molecule has 0 aliphatic heterocycles. The van der Waals surface area contributed by atoms with E-state index >= 15 is 0 Å². The van der Waals surface area contributed by atoms with Crippen molar-refractivity contribution in [3.63, 3.8) is 0 Å². The van der Waals surface area contributed by atoms with Gasteiger partial charge in [-0.15, -0.1) is 0 Å². The van der Waals surface area contributed by atoms with Crippen LogP contribution in [0.3, 0.4) is 0 Å². The van der Waals surface area contributed by atoms with Gasteiger partial charge in [0.25, 0.3) is 0 Å². The van der Waals surface area contributed by atoms with E-state index in [0.717, 1.165) is 17.1 Å². The number of anilines is 1. The van der Waals surface area contributed by atoms with Crippen molar-refractivity contribution in [2.24, 2.45) is 0 Å². The van der Waals surface area contributed by atoms with Gasteiger partial charge in [-0.2, -0.15) is 0 Å². The first-order valence-electron chi connectivity index (χ1n) is 6.07. The van der Waals surface area contributed by atoms with Crippen LogP contribution >= 0.6 is 11.6 Å². The predicted molar refractivity (Wildman–Crippen MR) is 70.8 cm³/mol. The predicted octanol–water partition coefficient (Wildman–Crippen LogP) is 4.39. The van der Waals surface area contributed by atoms with Crippen LogP contribution in [0, 0.1) is 0 Å². The summed E-state index contributed by atoms with van der Waals surface area (Å²) in [5.74, 6) is 0.952. The van der Waals surface area contributed by atoms with Crippen molar-refractivity contribution in [2.75, 3.05) is 5.73 Å². The normalized spacial score (nSPS) is 12.7. The molecule has 0 radical (unpaired) electrons. The molecule has 0 saturated carbocycles. The minimum Gasteiger partial charge on any atom is -0.384 e. The highest BCUT2D eigenvalue weighted by Gasteiger charge is 2.11. The number of pyridine rings is 1. The van der Waals surface area contributed by atoms with E-state index in [-0.39, 0.29) is 0 Å². The molecule has 3 heteroatoms. The first-order chi connectivity index (χ1) is 7.65. The van der Waals surface area contributed by atoms with Crippen LogP contribution in [0.2, 0.25) is 5.02 Å². The molecule has 0 aliphatic rings. The van der Waals surface area contributed by atoms with E-state index in [2.05, 4.69) is 18.8 Å². The summed E-state index contributed by atoms with van der Waals surface area (Å²) in [7, 11) is 0. The molecule has 0 aliphatic carbocycles. The second kappa shape index (κ2) is 6.74. The minimum atomic E-state index is 0.396. The highest BCUT2D eigenvalue weighted by Crippen LogP contribution is 2.27. The monoisotopic (exact) mass is 240 g/mol. The molecule has 1 rings (SSSR count). The van der Waals surface area contributed by atoms with E-state index in [9.17, 15) is 0 Å². The van der Waals surface area contributed by atoms with Gasteiger partial charge in [-0.3, -0.25) is 0 Å². The average Bonchev–Trinajstić information content (AvgIpc) is 2.27. The van der Waals surface area contributed by atoms with Crippen LogP contribution in [-0.2, 0) is 0 Å². The standard InChI is InChI=1S/C13H21ClN2/c1-3-4-5-6-7-10(2)13-11(14)8-9-12(15)16-13/h8-10H,3-7H2,1-2H3,(H2,15,16). The summed E-state index contributed by atoms with van der Waals surface area (Å²) in [6.45, 7) is 4.39. The molecule has 0 amide bonds. The molecule has 0 fully saturated rings. The Morgan fingerprint density at radius 3 is 2.75 bits per heavy atom. The van der Waals surface area contributed by atoms with Crippen LogP contribution in [0.5, 0.6) is 0 Å². The number of unbranched alkanes of at least 4 members (excludes halogenated alkanes) is 3. The van der Waals surface area contributed by atoms with Crippen molar-refractivity contribution in [1.82, 2.24) is 4.98 Å². The molecule has 16 heavy (non-hydrogen) atoms. The first-order valence-corrected chi connectivity index (χ1v) is 6.44. The summed E-state index contributed by atoms with van der Waals surface area (Å²) < 4.78 is 0. The third-order valence-electron chi connectivity index (χ3n) is 2.85. The number of nitrogens with zero attached hydrogens (tertiary/aromatic N) is 1. The van der Waals surface area contributed by atoms with Crippen molar-refractivity contribution >= 4 is 17.4 Å². The van der Waals surface area contributed by atoms with E-state index < -0.39 is 0 Å². The summed E-state index contributed by atoms with van der Waals surface area (Å²) in [6.07, 6.45) is 6.25. The van der Waals surface area contributed by atoms with Gasteiger partial charge in [0.1, 0.15) is 5.82 Å². The van der Waals surface area contributed by atoms with Crippen molar-refractivity contribution < 1.29 is 0 Å². The lowest BCUT2D eigenvalue weighted by Crippen LogP contribution is -2.01. The summed E-state index contributed by atoms with van der Waals surface area (Å²) >= 11 is 6.11. The maximum absolute atomic E-state index is 6.11. The van der Waals surface area contributed by atoms with Crippen LogP contribution in [0.25, 0.3) is 0 Å². The van der Waals surface area contributed by atoms with E-state index in [1.807, 2.05) is 6.07 Å². The summed E-state index contributed by atoms with van der Waals surface area (Å²) in [4.78, 5) is 4.32. The maximum atomic E-state index is 6.11. The van der Waals surface area contributed by atoms with Crippen LogP contribution in [0.1, 0.15) is 57.6 Å². The number of nitrogens with two attached hydrogens (primary N) is 1. The lowest BCUT2D eigenvalue weighted by molar-refractivity contribution is 0.572. The van der Waals surface area contributed by atoms with E-state index in [1.165, 1.54) is 25.7 Å². The molecule has 1 unspecified atom stereocenters. The molecule has 2 N–H and O–H groups in total. The van der Waals surface area contributed by atoms with Gasteiger partial charge in [0, 0.05) is 0 Å². The molecule has 2 nitrogen and oxygen atoms in total. The first kappa shape index (κ1) is 13.3. The number of aromatic nitrogens is 1. The molecule has 1 aromatic heterocycles. The minimum absolute atomic E-state index is 0.396. The Morgan fingerprint density at radius 1 is 1.31 bits per heavy atom. The Bertz CT molecular complexity index is 326. The molecule has 0 bridgehead atoms. The number of hydrogen-bond acceptors (Lipinski definition) is 2. The lowest BCUT2D eigenvalue weighted by atomic mass is 9.99. The van der Waals surface area contributed by atoms with Crippen LogP contribution < -0.4 is 5.73 Å². The Balaban J connectivity index is 2.51. The van der Waals surface area contributed by atoms with Crippen LogP contribution in [0.4, 0.5) is 5.82 Å². The number of halogens is 1. The number of rotatable bonds is 6. The molecular formula is C13H21ClN2. The summed E-state index contributed by atoms with van der Waals surface area (Å²) in [5, 5.41) is 0.734. The van der Waals surface area contributed by atoms with Gasteiger partial charge in [-0.05, 0) is 24.5 Å². The van der Waals surface area contributed by atoms with Gasteiger partial charge < -0.3 is 5.73 Å². The molecular weight excluding hydrogens is 220 g/mol. The molecule has 0 spiro atoms. The van der Waals surface area contributed by atoms with Crippen molar-refractivity contribution in [1.29, 1.82) is 0 Å². The molecule has 1 heterocycles. The number of hydrogen-bond donors (Lipinski definition) is 1. The Labute approximate surface area is 103 Å². The van der Waals surface area contributed by atoms with E-state index in [0.29, 0.717) is 11.7 Å². The number of nitrogen functional groups attached to an aromatic ring is 1. The fraction of sp³-hybridized carbons (Fsp3) is 0.615. The zero-order valence-electron chi connectivity index (χ0n) is 10.2. The Hall–Kier alpha value is -0.760. The average molecular weight is 241 g/mol. The Kier molecular flexibility index (Phi) is 5.61. The highest BCUT2D eigenvalue weighted by atomic mass is 35.5. The zero-order chi connectivity index (χ0) is 12.0. The van der Waals surface area contributed by atoms with Gasteiger partial charge in [-0.25, -0.2) is 4.98 Å². The smallest absolute Gasteiger partial charge is 0.123 e. The zero-order valence-corrected chi connectivity index (χ0v) is 10.9. The van der Waals surface area contributed by atoms with Gasteiger partial charge in [0.05, 0.1) is 10.7 Å². The van der Waals surface area contributed by atoms with Crippen LogP contribution in [0.15, 0.2) is 12.1 Å². The molecule has 90 valence electrons. The van der Waals surface area contributed by atoms with Gasteiger partial charge in [-0.1, -0.05) is 51.1 Å². The van der Waals surface area contributed by atoms with Crippen LogP contribution in [-0.4, -0.2) is 4.98 Å². The Morgan fingerprint density at radius 2 is 2.06 bits per heavy atom. The lowest BCUT2D eigenvalue weighted by Gasteiger charge is -2.12. The molecule has 1 atom stereocenters. The SMILES string of the molecule is CCCCCCC(C)c1nc(N)ccc1Cl. The fourth-order valence-electron chi connectivity index (χ4n) is 1.83. The van der Waals surface area contributed by atoms with Crippen molar-refractivity contribution in [2.45, 2.75) is 51.9 Å². The van der Waals surface area contributed by atoms with Crippen molar-refractivity contribution in [3.8, 4) is 0 Å². The van der Waals surface area contributed by atoms with Gasteiger partial charge in [0.2, 0.25) is 0 Å². The molecule has 1 aromatic rings. The van der Waals surface area contributed by atoms with Gasteiger partial charge >= 0.3 is 0 Å². The molecule has 0 aromatic carbocycles. The van der Waals surface area contributed by atoms with E-state index in [4.69, 9.17) is 17.3 Å². The summed E-state index contributed by atoms with van der Waals surface area (Å²) in [6, 6.07) is 3.58. The summed E-state index contributed by atoms with van der Waals surface area (Å²) in [5.41, 5.74) is 6.61. The highest BCUT2D eigenvalue weighted by molar-refractivity contribution is 6.31. The third kappa shape index (κ3) is 4.01. The second-order valence-corrected chi connectivity index (χ2v) is 4.76. The molecule has 0 saturated heterocycles. The second-order valence-electron chi connectivity index (χ2n) is 4.35. The fourth-order valence-corrected chi connectivity index (χ4v) is 2.12. The maximum Gasteiger partial charge on any atom is 0.123 e. The largest absolute Gasteiger partial charge is 0.384 e. The topological polar surface area (TPSA) is 38.9 Å². The van der Waals surface area contributed by atoms with Gasteiger partial charge in [0.15, 0.2) is 0 Å².